The van der Waals surface area contributed by atoms with Crippen LogP contribution in [0.1, 0.15) is 6.42 Å². The van der Waals surface area contributed by atoms with Gasteiger partial charge in [0.1, 0.15) is 18.4 Å². The molecule has 1 atom stereocenters. The molecule has 0 spiro atoms. The van der Waals surface area contributed by atoms with Crippen molar-refractivity contribution in [1.29, 1.82) is 0 Å². The zero-order valence-electron chi connectivity index (χ0n) is 10.2. The molecular formula is C12H11ClF4N2O. The Labute approximate surface area is 117 Å². The van der Waals surface area contributed by atoms with Crippen molar-refractivity contribution in [2.24, 2.45) is 0 Å². The molecular weight excluding hydrogens is 300 g/mol. The van der Waals surface area contributed by atoms with E-state index in [1.807, 2.05) is 0 Å². The molecule has 1 N–H and O–H groups in total. The van der Waals surface area contributed by atoms with Gasteiger partial charge >= 0.3 is 6.18 Å². The summed E-state index contributed by atoms with van der Waals surface area (Å²) in [7, 11) is 0. The van der Waals surface area contributed by atoms with Gasteiger partial charge in [-0.1, -0.05) is 11.6 Å². The third-order valence-electron chi connectivity index (χ3n) is 2.93. The molecule has 1 aliphatic heterocycles. The van der Waals surface area contributed by atoms with Crippen LogP contribution in [0.2, 0.25) is 5.02 Å². The Morgan fingerprint density at radius 1 is 1.40 bits per heavy atom. The first-order chi connectivity index (χ1) is 9.26. The average molecular weight is 311 g/mol. The van der Waals surface area contributed by atoms with Crippen LogP contribution in [0.15, 0.2) is 18.2 Å². The second-order valence-corrected chi connectivity index (χ2v) is 4.89. The summed E-state index contributed by atoms with van der Waals surface area (Å²) in [6.45, 7) is -1.24. The summed E-state index contributed by atoms with van der Waals surface area (Å²) in [5, 5.41) is 2.82. The molecule has 2 rings (SSSR count). The maximum atomic E-state index is 12.9. The maximum Gasteiger partial charge on any atom is 0.406 e. The minimum Gasteiger partial charge on any atom is -0.372 e. The first-order valence-corrected chi connectivity index (χ1v) is 6.21. The number of nitrogens with one attached hydrogen (secondary N) is 1. The molecule has 1 unspecified atom stereocenters. The summed E-state index contributed by atoms with van der Waals surface area (Å²) in [6, 6.07) is 2.79. The number of carbonyl (C=O) groups excluding carboxylic acids is 1. The van der Waals surface area contributed by atoms with E-state index in [2.05, 4.69) is 5.32 Å². The van der Waals surface area contributed by atoms with Crippen molar-refractivity contribution in [2.75, 3.05) is 18.4 Å². The van der Waals surface area contributed by atoms with Crippen LogP contribution in [0, 0.1) is 5.82 Å². The molecule has 0 radical (unpaired) electrons. The Kier molecular flexibility index (Phi) is 4.08. The molecule has 1 aromatic carbocycles. The highest BCUT2D eigenvalue weighted by Crippen LogP contribution is 2.27. The van der Waals surface area contributed by atoms with Gasteiger partial charge in [0.15, 0.2) is 0 Å². The fraction of sp³-hybridized carbons (Fsp3) is 0.417. The predicted octanol–water partition coefficient (Wildman–Crippen LogP) is 3.05. The standard InChI is InChI=1S/C12H11ClF4N2O/c13-8-5-7(14)1-2-9(8)18-10-3-4-19(11(10)20)6-12(15,16)17/h1-2,5,10,18H,3-4,6H2. The van der Waals surface area contributed by atoms with Crippen LogP contribution in [-0.2, 0) is 4.79 Å². The fourth-order valence-corrected chi connectivity index (χ4v) is 2.26. The van der Waals surface area contributed by atoms with E-state index in [0.717, 1.165) is 17.0 Å². The number of hydrogen-bond acceptors (Lipinski definition) is 2. The van der Waals surface area contributed by atoms with Crippen LogP contribution in [0.25, 0.3) is 0 Å². The summed E-state index contributed by atoms with van der Waals surface area (Å²) < 4.78 is 49.7. The van der Waals surface area contributed by atoms with E-state index in [1.165, 1.54) is 6.07 Å². The first-order valence-electron chi connectivity index (χ1n) is 5.83. The summed E-state index contributed by atoms with van der Waals surface area (Å²) in [5.41, 5.74) is 0.320. The van der Waals surface area contributed by atoms with Gasteiger partial charge in [-0.25, -0.2) is 4.39 Å². The number of halogens is 5. The van der Waals surface area contributed by atoms with Crippen molar-refractivity contribution >= 4 is 23.2 Å². The van der Waals surface area contributed by atoms with Crippen molar-refractivity contribution in [2.45, 2.75) is 18.6 Å². The first kappa shape index (κ1) is 14.9. The predicted molar refractivity (Wildman–Crippen MR) is 66.1 cm³/mol. The molecule has 8 heteroatoms. The molecule has 1 fully saturated rings. The lowest BCUT2D eigenvalue weighted by Crippen LogP contribution is -2.39. The highest BCUT2D eigenvalue weighted by Gasteiger charge is 2.39. The molecule has 1 heterocycles. The smallest absolute Gasteiger partial charge is 0.372 e. The van der Waals surface area contributed by atoms with Crippen molar-refractivity contribution in [3.05, 3.63) is 29.0 Å². The highest BCUT2D eigenvalue weighted by molar-refractivity contribution is 6.33. The number of amides is 1. The Morgan fingerprint density at radius 2 is 2.10 bits per heavy atom. The summed E-state index contributed by atoms with van der Waals surface area (Å²) in [4.78, 5) is 12.6. The van der Waals surface area contributed by atoms with Gasteiger partial charge in [-0.2, -0.15) is 13.2 Å². The molecule has 1 aromatic rings. The molecule has 1 saturated heterocycles. The molecule has 1 aliphatic rings. The van der Waals surface area contributed by atoms with Gasteiger partial charge in [0, 0.05) is 6.54 Å². The molecule has 1 amide bonds. The Balaban J connectivity index is 2.03. The second kappa shape index (κ2) is 5.47. The zero-order valence-corrected chi connectivity index (χ0v) is 10.9. The third kappa shape index (κ3) is 3.53. The Hall–Kier alpha value is -1.50. The number of hydrogen-bond donors (Lipinski definition) is 1. The van der Waals surface area contributed by atoms with Crippen molar-refractivity contribution < 1.29 is 22.4 Å². The minimum atomic E-state index is -4.42. The monoisotopic (exact) mass is 310 g/mol. The normalized spacial score (nSPS) is 19.6. The largest absolute Gasteiger partial charge is 0.406 e. The molecule has 110 valence electrons. The number of carbonyl (C=O) groups is 1. The highest BCUT2D eigenvalue weighted by atomic mass is 35.5. The van der Waals surface area contributed by atoms with E-state index in [0.29, 0.717) is 5.69 Å². The van der Waals surface area contributed by atoms with Gasteiger partial charge in [0.2, 0.25) is 5.91 Å². The van der Waals surface area contributed by atoms with Gasteiger partial charge in [-0.3, -0.25) is 4.79 Å². The van der Waals surface area contributed by atoms with Gasteiger partial charge in [0.25, 0.3) is 0 Å². The SMILES string of the molecule is O=C1C(Nc2ccc(F)cc2Cl)CCN1CC(F)(F)F. The van der Waals surface area contributed by atoms with Gasteiger partial charge in [-0.15, -0.1) is 0 Å². The van der Waals surface area contributed by atoms with Gasteiger partial charge < -0.3 is 10.2 Å². The average Bonchev–Trinajstić information content (AvgIpc) is 2.63. The Bertz CT molecular complexity index is 521. The van der Waals surface area contributed by atoms with Crippen molar-refractivity contribution in [3.8, 4) is 0 Å². The van der Waals surface area contributed by atoms with Crippen LogP contribution >= 0.6 is 11.6 Å². The van der Waals surface area contributed by atoms with E-state index in [-0.39, 0.29) is 18.0 Å². The minimum absolute atomic E-state index is 0.0226. The zero-order chi connectivity index (χ0) is 14.9. The van der Waals surface area contributed by atoms with Gasteiger partial charge in [0.05, 0.1) is 10.7 Å². The van der Waals surface area contributed by atoms with E-state index in [1.54, 1.807) is 0 Å². The summed E-state index contributed by atoms with van der Waals surface area (Å²) in [6.07, 6.45) is -4.18. The Morgan fingerprint density at radius 3 is 2.70 bits per heavy atom. The van der Waals surface area contributed by atoms with E-state index < -0.39 is 30.5 Å². The fourth-order valence-electron chi connectivity index (χ4n) is 2.04. The molecule has 20 heavy (non-hydrogen) atoms. The van der Waals surface area contributed by atoms with Gasteiger partial charge in [-0.05, 0) is 24.6 Å². The van der Waals surface area contributed by atoms with Crippen molar-refractivity contribution in [1.82, 2.24) is 4.90 Å². The van der Waals surface area contributed by atoms with E-state index in [4.69, 9.17) is 11.6 Å². The molecule has 0 bridgehead atoms. The third-order valence-corrected chi connectivity index (χ3v) is 3.24. The molecule has 0 aromatic heterocycles. The van der Waals surface area contributed by atoms with Crippen LogP contribution in [0.3, 0.4) is 0 Å². The number of benzene rings is 1. The van der Waals surface area contributed by atoms with Crippen LogP contribution in [0.5, 0.6) is 0 Å². The lowest BCUT2D eigenvalue weighted by molar-refractivity contribution is -0.157. The molecule has 3 nitrogen and oxygen atoms in total. The number of nitrogens with zero attached hydrogens (tertiary/aromatic N) is 1. The summed E-state index contributed by atoms with van der Waals surface area (Å²) in [5.74, 6) is -1.17. The molecule has 0 saturated carbocycles. The number of likely N-dealkylation sites (tertiary alicyclic amines) is 1. The maximum absolute atomic E-state index is 12.9. The van der Waals surface area contributed by atoms with Crippen LogP contribution in [-0.4, -0.2) is 36.1 Å². The van der Waals surface area contributed by atoms with E-state index in [9.17, 15) is 22.4 Å². The number of alkyl halides is 3. The van der Waals surface area contributed by atoms with Crippen LogP contribution < -0.4 is 5.32 Å². The summed E-state index contributed by atoms with van der Waals surface area (Å²) >= 11 is 5.79. The van der Waals surface area contributed by atoms with E-state index >= 15 is 0 Å². The second-order valence-electron chi connectivity index (χ2n) is 4.48. The van der Waals surface area contributed by atoms with Crippen LogP contribution in [0.4, 0.5) is 23.2 Å². The lowest BCUT2D eigenvalue weighted by atomic mass is 10.2. The lowest BCUT2D eigenvalue weighted by Gasteiger charge is -2.19. The topological polar surface area (TPSA) is 32.3 Å². The number of rotatable bonds is 3. The van der Waals surface area contributed by atoms with Crippen molar-refractivity contribution in [3.63, 3.8) is 0 Å². The molecule has 0 aliphatic carbocycles. The number of anilines is 1. The quantitative estimate of drug-likeness (QED) is 0.870.